The lowest BCUT2D eigenvalue weighted by Gasteiger charge is -2.16. The number of anilines is 1. The second-order valence-corrected chi connectivity index (χ2v) is 4.60. The minimum Gasteiger partial charge on any atom is -0.423 e. The van der Waals surface area contributed by atoms with Gasteiger partial charge in [0.2, 0.25) is 0 Å². The zero-order chi connectivity index (χ0) is 11.7. The lowest BCUT2D eigenvalue weighted by Crippen LogP contribution is -2.29. The first-order valence-corrected chi connectivity index (χ1v) is 6.17. The molecule has 0 radical (unpaired) electrons. The Hall–Kier alpha value is -1.55. The van der Waals surface area contributed by atoms with E-state index in [1.54, 1.807) is 0 Å². The summed E-state index contributed by atoms with van der Waals surface area (Å²) in [5.41, 5.74) is 1.81. The Kier molecular flexibility index (Phi) is 2.73. The van der Waals surface area contributed by atoms with Crippen LogP contribution in [0.1, 0.15) is 13.3 Å². The van der Waals surface area contributed by atoms with E-state index in [1.165, 1.54) is 0 Å². The van der Waals surface area contributed by atoms with Crippen molar-refractivity contribution in [3.63, 3.8) is 0 Å². The van der Waals surface area contributed by atoms with Crippen molar-refractivity contribution in [2.24, 2.45) is 0 Å². The van der Waals surface area contributed by atoms with E-state index >= 15 is 0 Å². The first kappa shape index (κ1) is 10.6. The average Bonchev–Trinajstić information content (AvgIpc) is 2.65. The first-order chi connectivity index (χ1) is 8.33. The summed E-state index contributed by atoms with van der Waals surface area (Å²) in [6, 6.07) is 9.24. The molecular weight excluding hydrogens is 214 g/mol. The molecule has 1 fully saturated rings. The van der Waals surface area contributed by atoms with Crippen LogP contribution >= 0.6 is 0 Å². The first-order valence-electron chi connectivity index (χ1n) is 6.17. The van der Waals surface area contributed by atoms with Crippen LogP contribution in [-0.2, 0) is 0 Å². The van der Waals surface area contributed by atoms with E-state index in [9.17, 15) is 0 Å². The summed E-state index contributed by atoms with van der Waals surface area (Å²) in [6.07, 6.45) is 1.12. The van der Waals surface area contributed by atoms with Gasteiger partial charge in [-0.3, -0.25) is 0 Å². The third-order valence-corrected chi connectivity index (χ3v) is 3.26. The highest BCUT2D eigenvalue weighted by Crippen LogP contribution is 2.22. The summed E-state index contributed by atoms with van der Waals surface area (Å²) in [6.45, 7) is 5.16. The molecule has 3 rings (SSSR count). The van der Waals surface area contributed by atoms with Crippen LogP contribution in [-0.4, -0.2) is 30.7 Å². The van der Waals surface area contributed by atoms with E-state index in [1.807, 2.05) is 24.3 Å². The molecule has 0 amide bonds. The molecule has 1 aliphatic rings. The summed E-state index contributed by atoms with van der Waals surface area (Å²) >= 11 is 0. The van der Waals surface area contributed by atoms with Crippen LogP contribution < -0.4 is 10.2 Å². The van der Waals surface area contributed by atoms with Crippen molar-refractivity contribution in [2.45, 2.75) is 19.4 Å². The molecule has 1 N–H and O–H groups in total. The number of hydrogen-bond donors (Lipinski definition) is 1. The van der Waals surface area contributed by atoms with Gasteiger partial charge in [-0.2, -0.15) is 4.98 Å². The second-order valence-electron chi connectivity index (χ2n) is 4.60. The largest absolute Gasteiger partial charge is 0.423 e. The van der Waals surface area contributed by atoms with Crippen LogP contribution in [0.2, 0.25) is 0 Å². The standard InChI is InChI=1S/C13H17N3O/c1-10-6-8-16(9-7-14-10)13-15-11-4-2-3-5-12(11)17-13/h2-5,10,14H,6-9H2,1H3/t10-/m1/s1. The van der Waals surface area contributed by atoms with Crippen LogP contribution in [0.5, 0.6) is 0 Å². The molecule has 1 atom stereocenters. The molecule has 4 nitrogen and oxygen atoms in total. The van der Waals surface area contributed by atoms with E-state index in [0.717, 1.165) is 43.2 Å². The van der Waals surface area contributed by atoms with Gasteiger partial charge in [-0.05, 0) is 25.5 Å². The summed E-state index contributed by atoms with van der Waals surface area (Å²) in [5, 5.41) is 3.47. The Morgan fingerprint density at radius 1 is 1.35 bits per heavy atom. The number of benzene rings is 1. The van der Waals surface area contributed by atoms with E-state index in [-0.39, 0.29) is 0 Å². The maximum Gasteiger partial charge on any atom is 0.298 e. The van der Waals surface area contributed by atoms with Gasteiger partial charge >= 0.3 is 0 Å². The lowest BCUT2D eigenvalue weighted by molar-refractivity contribution is 0.559. The minimum absolute atomic E-state index is 0.573. The minimum atomic E-state index is 0.573. The topological polar surface area (TPSA) is 41.3 Å². The van der Waals surface area contributed by atoms with Gasteiger partial charge in [-0.15, -0.1) is 0 Å². The number of aromatic nitrogens is 1. The molecule has 0 unspecified atom stereocenters. The Morgan fingerprint density at radius 2 is 2.24 bits per heavy atom. The van der Waals surface area contributed by atoms with Crippen molar-refractivity contribution in [3.05, 3.63) is 24.3 Å². The molecule has 0 spiro atoms. The molecule has 1 aliphatic heterocycles. The predicted molar refractivity (Wildman–Crippen MR) is 68.3 cm³/mol. The smallest absolute Gasteiger partial charge is 0.298 e. The SMILES string of the molecule is C[C@@H]1CCN(c2nc3ccccc3o2)CCN1. The van der Waals surface area contributed by atoms with Crippen molar-refractivity contribution in [1.82, 2.24) is 10.3 Å². The molecule has 2 aromatic rings. The van der Waals surface area contributed by atoms with Gasteiger partial charge in [0.1, 0.15) is 5.52 Å². The second kappa shape index (κ2) is 4.37. The third kappa shape index (κ3) is 2.13. The van der Waals surface area contributed by atoms with Gasteiger partial charge in [-0.1, -0.05) is 12.1 Å². The average molecular weight is 231 g/mol. The monoisotopic (exact) mass is 231 g/mol. The summed E-state index contributed by atoms with van der Waals surface area (Å²) in [5.74, 6) is 0. The van der Waals surface area contributed by atoms with Crippen molar-refractivity contribution >= 4 is 17.1 Å². The molecule has 0 aliphatic carbocycles. The van der Waals surface area contributed by atoms with E-state index in [0.29, 0.717) is 6.04 Å². The molecule has 17 heavy (non-hydrogen) atoms. The highest BCUT2D eigenvalue weighted by atomic mass is 16.4. The summed E-state index contributed by atoms with van der Waals surface area (Å²) < 4.78 is 5.79. The van der Waals surface area contributed by atoms with Crippen molar-refractivity contribution in [2.75, 3.05) is 24.5 Å². The zero-order valence-electron chi connectivity index (χ0n) is 10.0. The molecule has 1 aromatic heterocycles. The number of nitrogens with zero attached hydrogens (tertiary/aromatic N) is 2. The normalized spacial score (nSPS) is 21.7. The van der Waals surface area contributed by atoms with Crippen LogP contribution in [0.25, 0.3) is 11.1 Å². The Morgan fingerprint density at radius 3 is 3.12 bits per heavy atom. The fraction of sp³-hybridized carbons (Fsp3) is 0.462. The molecule has 0 bridgehead atoms. The van der Waals surface area contributed by atoms with Gasteiger partial charge in [0, 0.05) is 25.7 Å². The number of oxazole rings is 1. The fourth-order valence-corrected chi connectivity index (χ4v) is 2.20. The van der Waals surface area contributed by atoms with Gasteiger partial charge in [-0.25, -0.2) is 0 Å². The van der Waals surface area contributed by atoms with Crippen molar-refractivity contribution < 1.29 is 4.42 Å². The maximum atomic E-state index is 5.79. The van der Waals surface area contributed by atoms with Crippen molar-refractivity contribution in [1.29, 1.82) is 0 Å². The van der Waals surface area contributed by atoms with Gasteiger partial charge in [0.15, 0.2) is 5.58 Å². The van der Waals surface area contributed by atoms with Crippen molar-refractivity contribution in [3.8, 4) is 0 Å². The molecule has 1 aromatic carbocycles. The number of nitrogens with one attached hydrogen (secondary N) is 1. The quantitative estimate of drug-likeness (QED) is 0.815. The zero-order valence-corrected chi connectivity index (χ0v) is 10.0. The van der Waals surface area contributed by atoms with Crippen LogP contribution in [0.3, 0.4) is 0 Å². The van der Waals surface area contributed by atoms with E-state index in [4.69, 9.17) is 4.42 Å². The number of fused-ring (bicyclic) bond motifs is 1. The Balaban J connectivity index is 1.87. The Labute approximate surface area is 101 Å². The maximum absolute atomic E-state index is 5.79. The predicted octanol–water partition coefficient (Wildman–Crippen LogP) is 2.02. The van der Waals surface area contributed by atoms with Gasteiger partial charge in [0.05, 0.1) is 0 Å². The molecular formula is C13H17N3O. The highest BCUT2D eigenvalue weighted by molar-refractivity contribution is 5.74. The summed E-state index contributed by atoms with van der Waals surface area (Å²) in [4.78, 5) is 6.75. The number of para-hydroxylation sites is 2. The highest BCUT2D eigenvalue weighted by Gasteiger charge is 2.17. The fourth-order valence-electron chi connectivity index (χ4n) is 2.20. The van der Waals surface area contributed by atoms with Crippen LogP contribution in [0, 0.1) is 0 Å². The molecule has 90 valence electrons. The van der Waals surface area contributed by atoms with Gasteiger partial charge in [0.25, 0.3) is 6.01 Å². The van der Waals surface area contributed by atoms with Crippen LogP contribution in [0.15, 0.2) is 28.7 Å². The lowest BCUT2D eigenvalue weighted by atomic mass is 10.2. The summed E-state index contributed by atoms with van der Waals surface area (Å²) in [7, 11) is 0. The molecule has 1 saturated heterocycles. The van der Waals surface area contributed by atoms with Gasteiger partial charge < -0.3 is 14.6 Å². The van der Waals surface area contributed by atoms with E-state index < -0.39 is 0 Å². The number of rotatable bonds is 1. The van der Waals surface area contributed by atoms with Crippen LogP contribution in [0.4, 0.5) is 6.01 Å². The molecule has 0 saturated carbocycles. The molecule has 4 heteroatoms. The third-order valence-electron chi connectivity index (χ3n) is 3.26. The Bertz CT molecular complexity index is 475. The van der Waals surface area contributed by atoms with E-state index in [2.05, 4.69) is 22.1 Å². The molecule has 2 heterocycles. The number of hydrogen-bond acceptors (Lipinski definition) is 4.